The van der Waals surface area contributed by atoms with Gasteiger partial charge in [-0.2, -0.15) is 0 Å². The Balaban J connectivity index is 1.74. The zero-order chi connectivity index (χ0) is 22.6. The number of fused-ring (bicyclic) bond motifs is 1. The first-order valence-electron chi connectivity index (χ1n) is 9.86. The fourth-order valence-corrected chi connectivity index (χ4v) is 7.68. The van der Waals surface area contributed by atoms with Crippen LogP contribution in [-0.2, 0) is 5.54 Å². The number of anilines is 1. The number of aliphatic imine (C=N–C) groups is 1. The molecule has 0 saturated carbocycles. The number of hydrogen-bond acceptors (Lipinski definition) is 6. The van der Waals surface area contributed by atoms with Crippen LogP contribution in [0.25, 0.3) is 0 Å². The monoisotopic (exact) mass is 449 g/mol. The number of nitrogens with two attached hydrogens (primary N) is 1. The summed E-state index contributed by atoms with van der Waals surface area (Å²) in [4.78, 5) is 20.9. The van der Waals surface area contributed by atoms with Gasteiger partial charge in [0.1, 0.15) is 28.7 Å². The van der Waals surface area contributed by atoms with Gasteiger partial charge in [0.05, 0.1) is 16.2 Å². The first-order chi connectivity index (χ1) is 14.5. The van der Waals surface area contributed by atoms with Gasteiger partial charge in [-0.3, -0.25) is 14.5 Å². The molecule has 2 aliphatic rings. The molecular weight excluding hydrogens is 424 g/mol. The van der Waals surface area contributed by atoms with E-state index in [4.69, 9.17) is 5.73 Å². The second kappa shape index (κ2) is 7.25. The number of rotatable bonds is 3. The van der Waals surface area contributed by atoms with Crippen molar-refractivity contribution in [3.8, 4) is 0 Å². The van der Waals surface area contributed by atoms with Gasteiger partial charge >= 0.3 is 0 Å². The van der Waals surface area contributed by atoms with Gasteiger partial charge in [-0.15, -0.1) is 0 Å². The molecule has 1 saturated heterocycles. The number of halogens is 2. The van der Waals surface area contributed by atoms with E-state index in [9.17, 15) is 13.7 Å². The molecule has 1 aromatic carbocycles. The number of carbonyl (C=O) groups is 1. The number of carbonyl (C=O) groups excluding carboxylic acids is 1. The molecule has 166 valence electrons. The highest BCUT2D eigenvalue weighted by Gasteiger charge is 2.60. The van der Waals surface area contributed by atoms with Crippen LogP contribution in [0.4, 0.5) is 14.5 Å². The van der Waals surface area contributed by atoms with Gasteiger partial charge in [0.25, 0.3) is 5.91 Å². The van der Waals surface area contributed by atoms with Gasteiger partial charge in [0.15, 0.2) is 0 Å². The van der Waals surface area contributed by atoms with Crippen molar-refractivity contribution in [1.29, 1.82) is 0 Å². The molecule has 0 aliphatic carbocycles. The molecule has 31 heavy (non-hydrogen) atoms. The van der Waals surface area contributed by atoms with E-state index < -0.39 is 38.3 Å². The minimum Gasteiger partial charge on any atom is -0.386 e. The van der Waals surface area contributed by atoms with Crippen LogP contribution in [0.1, 0.15) is 43.2 Å². The van der Waals surface area contributed by atoms with E-state index in [-0.39, 0.29) is 22.3 Å². The molecule has 3 atom stereocenters. The SMILES string of the molecule is CC1(C)C(N)=N[C@](C)(c2cc(NC(=O)c3ccc(F)cn3)ccc2F)[C@@H]2CCNS21O. The zero-order valence-corrected chi connectivity index (χ0v) is 18.3. The lowest BCUT2D eigenvalue weighted by Gasteiger charge is -2.56. The molecule has 0 spiro atoms. The van der Waals surface area contributed by atoms with Crippen LogP contribution in [0.5, 0.6) is 0 Å². The van der Waals surface area contributed by atoms with Crippen LogP contribution in [0, 0.1) is 11.6 Å². The number of amidine groups is 1. The maximum atomic E-state index is 15.0. The Bertz CT molecular complexity index is 1080. The number of nitrogens with one attached hydrogen (secondary N) is 2. The van der Waals surface area contributed by atoms with Crippen LogP contribution in [-0.4, -0.2) is 37.8 Å². The van der Waals surface area contributed by atoms with Crippen LogP contribution in [0.15, 0.2) is 41.5 Å². The van der Waals surface area contributed by atoms with Crippen molar-refractivity contribution < 1.29 is 18.1 Å². The van der Waals surface area contributed by atoms with Crippen LogP contribution in [0.2, 0.25) is 0 Å². The van der Waals surface area contributed by atoms with Crippen molar-refractivity contribution in [3.05, 3.63) is 59.4 Å². The zero-order valence-electron chi connectivity index (χ0n) is 17.4. The number of nitrogens with zero attached hydrogens (tertiary/aromatic N) is 2. The molecule has 1 fully saturated rings. The van der Waals surface area contributed by atoms with Crippen LogP contribution < -0.4 is 15.8 Å². The summed E-state index contributed by atoms with van der Waals surface area (Å²) in [6, 6.07) is 6.57. The summed E-state index contributed by atoms with van der Waals surface area (Å²) in [6.45, 7) is 6.02. The lowest BCUT2D eigenvalue weighted by molar-refractivity contribution is 0.102. The first kappa shape index (κ1) is 21.7. The topological polar surface area (TPSA) is 113 Å². The number of hydrogen-bond donors (Lipinski definition) is 4. The van der Waals surface area contributed by atoms with E-state index in [0.717, 1.165) is 12.3 Å². The first-order valence-corrected chi connectivity index (χ1v) is 11.5. The molecule has 1 aromatic heterocycles. The van der Waals surface area contributed by atoms with Gasteiger partial charge in [0, 0.05) is 17.8 Å². The van der Waals surface area contributed by atoms with Gasteiger partial charge < -0.3 is 15.6 Å². The molecule has 1 unspecified atom stereocenters. The quantitative estimate of drug-likeness (QED) is 0.573. The summed E-state index contributed by atoms with van der Waals surface area (Å²) >= 11 is 0. The number of aromatic nitrogens is 1. The van der Waals surface area contributed by atoms with E-state index in [1.165, 1.54) is 24.3 Å². The van der Waals surface area contributed by atoms with Crippen molar-refractivity contribution in [2.45, 2.75) is 42.7 Å². The Morgan fingerprint density at radius 3 is 2.71 bits per heavy atom. The Hall–Kier alpha value is -2.56. The number of amides is 1. The van der Waals surface area contributed by atoms with Gasteiger partial charge in [0.2, 0.25) is 0 Å². The molecule has 7 nitrogen and oxygen atoms in total. The normalized spacial score (nSPS) is 31.3. The molecule has 2 aromatic rings. The van der Waals surface area contributed by atoms with Crippen molar-refractivity contribution >= 4 is 27.9 Å². The van der Waals surface area contributed by atoms with Gasteiger partial charge in [-0.1, -0.05) is 10.5 Å². The molecule has 1 amide bonds. The fraction of sp³-hybridized carbons (Fsp3) is 0.381. The smallest absolute Gasteiger partial charge is 0.274 e. The maximum Gasteiger partial charge on any atom is 0.274 e. The van der Waals surface area contributed by atoms with Crippen molar-refractivity contribution in [1.82, 2.24) is 9.71 Å². The standard InChI is InChI=1S/C21H25F2N5O2S/c1-20(2)19(24)28-21(3,17-8-9-26-31(17,20)30)14-10-13(5-6-15(14)23)27-18(29)16-7-4-12(22)11-25-16/h4-7,10-11,17,26,30H,8-9H2,1-3H3,(H2,24,28)(H,27,29)/t17-,21+/m0/s1. The minimum atomic E-state index is -2.43. The number of pyridine rings is 1. The average molecular weight is 450 g/mol. The lowest BCUT2D eigenvalue weighted by atomic mass is 9.85. The van der Waals surface area contributed by atoms with Crippen molar-refractivity contribution in [2.75, 3.05) is 11.9 Å². The molecule has 2 aliphatic heterocycles. The Kier molecular flexibility index (Phi) is 5.07. The average Bonchev–Trinajstić information content (AvgIpc) is 3.13. The van der Waals surface area contributed by atoms with Crippen molar-refractivity contribution in [2.24, 2.45) is 10.7 Å². The molecule has 0 radical (unpaired) electrons. The second-order valence-corrected chi connectivity index (χ2v) is 11.6. The summed E-state index contributed by atoms with van der Waals surface area (Å²) in [5.74, 6) is -1.36. The predicted octanol–water partition coefficient (Wildman–Crippen LogP) is 3.53. The molecule has 3 heterocycles. The summed E-state index contributed by atoms with van der Waals surface area (Å²) in [7, 11) is -2.43. The molecular formula is C21H25F2N5O2S. The molecule has 10 heteroatoms. The van der Waals surface area contributed by atoms with Gasteiger partial charge in [-0.25, -0.2) is 13.8 Å². The largest absolute Gasteiger partial charge is 0.386 e. The predicted molar refractivity (Wildman–Crippen MR) is 118 cm³/mol. The highest BCUT2D eigenvalue weighted by molar-refractivity contribution is 8.29. The molecule has 0 bridgehead atoms. The Morgan fingerprint density at radius 2 is 2.03 bits per heavy atom. The Morgan fingerprint density at radius 1 is 1.29 bits per heavy atom. The summed E-state index contributed by atoms with van der Waals surface area (Å²) in [5.41, 5.74) is 5.73. The summed E-state index contributed by atoms with van der Waals surface area (Å²) in [5, 5.41) is 2.30. The van der Waals surface area contributed by atoms with E-state index in [1.807, 2.05) is 13.8 Å². The maximum absolute atomic E-state index is 15.0. The second-order valence-electron chi connectivity index (χ2n) is 8.46. The molecule has 5 N–H and O–H groups in total. The highest BCUT2D eigenvalue weighted by atomic mass is 32.3. The van der Waals surface area contributed by atoms with Crippen LogP contribution >= 0.6 is 10.5 Å². The summed E-state index contributed by atoms with van der Waals surface area (Å²) < 4.78 is 42.1. The minimum absolute atomic E-state index is 0.0268. The van der Waals surface area contributed by atoms with E-state index in [1.54, 1.807) is 6.92 Å². The molecule has 4 rings (SSSR count). The van der Waals surface area contributed by atoms with Gasteiger partial charge in [-0.05, 0) is 57.5 Å². The summed E-state index contributed by atoms with van der Waals surface area (Å²) in [6.07, 6.45) is 1.56. The van der Waals surface area contributed by atoms with Crippen LogP contribution in [0.3, 0.4) is 0 Å². The Labute approximate surface area is 180 Å². The van der Waals surface area contributed by atoms with E-state index in [0.29, 0.717) is 18.7 Å². The fourth-order valence-electron chi connectivity index (χ4n) is 4.31. The number of benzene rings is 1. The van der Waals surface area contributed by atoms with E-state index in [2.05, 4.69) is 20.0 Å². The third-order valence-electron chi connectivity index (χ3n) is 6.24. The van der Waals surface area contributed by atoms with E-state index >= 15 is 4.39 Å². The third kappa shape index (κ3) is 3.29. The van der Waals surface area contributed by atoms with Crippen molar-refractivity contribution in [3.63, 3.8) is 0 Å². The lowest BCUT2D eigenvalue weighted by Crippen LogP contribution is -2.57. The highest BCUT2D eigenvalue weighted by Crippen LogP contribution is 2.67. The third-order valence-corrected chi connectivity index (χ3v) is 10.2.